The molecule has 1 unspecified atom stereocenters. The van der Waals surface area contributed by atoms with Crippen LogP contribution < -0.4 is 10.2 Å². The van der Waals surface area contributed by atoms with Crippen molar-refractivity contribution in [2.75, 3.05) is 29.9 Å². The highest BCUT2D eigenvalue weighted by Gasteiger charge is 2.21. The summed E-state index contributed by atoms with van der Waals surface area (Å²) in [6.45, 7) is 1.98. The molecule has 3 rings (SSSR count). The number of rotatable bonds is 6. The highest BCUT2D eigenvalue weighted by Crippen LogP contribution is 2.28. The summed E-state index contributed by atoms with van der Waals surface area (Å²) in [6, 6.07) is 12.3. The Morgan fingerprint density at radius 1 is 1.21 bits per heavy atom. The van der Waals surface area contributed by atoms with Gasteiger partial charge >= 0.3 is 5.69 Å². The van der Waals surface area contributed by atoms with Gasteiger partial charge in [-0.05, 0) is 24.5 Å². The molecular weight excluding hydrogens is 308 g/mol. The van der Waals surface area contributed by atoms with Crippen molar-refractivity contribution in [1.82, 2.24) is 4.98 Å². The van der Waals surface area contributed by atoms with E-state index in [0.717, 1.165) is 37.3 Å². The number of aliphatic hydroxyl groups is 1. The molecule has 2 aromatic rings. The van der Waals surface area contributed by atoms with Crippen molar-refractivity contribution in [2.45, 2.75) is 18.9 Å². The molecule has 0 bridgehead atoms. The first kappa shape index (κ1) is 16.2. The summed E-state index contributed by atoms with van der Waals surface area (Å²) in [6.07, 6.45) is 1.45. The topological polar surface area (TPSA) is 91.5 Å². The zero-order chi connectivity index (χ0) is 16.9. The Bertz CT molecular complexity index is 702. The number of pyridine rings is 1. The Kier molecular flexibility index (Phi) is 4.90. The van der Waals surface area contributed by atoms with Crippen LogP contribution in [0.3, 0.4) is 0 Å². The minimum absolute atomic E-state index is 0.0850. The van der Waals surface area contributed by atoms with Crippen LogP contribution in [0.25, 0.3) is 0 Å². The van der Waals surface area contributed by atoms with Crippen LogP contribution >= 0.6 is 0 Å². The maximum absolute atomic E-state index is 11.2. The standard InChI is InChI=1S/C17H20N4O3/c22-15(13-6-2-1-3-7-13)12-18-17-14(21(23)24)8-9-16(19-17)20-10-4-5-11-20/h1-3,6-9,15,22H,4-5,10-12H2,(H,18,19). The fourth-order valence-electron chi connectivity index (χ4n) is 2.83. The largest absolute Gasteiger partial charge is 0.387 e. The average Bonchev–Trinajstić information content (AvgIpc) is 3.14. The summed E-state index contributed by atoms with van der Waals surface area (Å²) in [5.74, 6) is 0.925. The average molecular weight is 328 g/mol. The number of aromatic nitrogens is 1. The second-order valence-corrected chi connectivity index (χ2v) is 5.80. The second-order valence-electron chi connectivity index (χ2n) is 5.80. The Morgan fingerprint density at radius 3 is 2.58 bits per heavy atom. The minimum atomic E-state index is -0.761. The van der Waals surface area contributed by atoms with Gasteiger partial charge in [-0.25, -0.2) is 4.98 Å². The lowest BCUT2D eigenvalue weighted by molar-refractivity contribution is -0.384. The van der Waals surface area contributed by atoms with E-state index in [4.69, 9.17) is 0 Å². The molecule has 2 N–H and O–H groups in total. The van der Waals surface area contributed by atoms with Crippen LogP contribution in [0.5, 0.6) is 0 Å². The molecule has 1 aromatic heterocycles. The molecule has 7 nitrogen and oxygen atoms in total. The van der Waals surface area contributed by atoms with Crippen LogP contribution in [-0.4, -0.2) is 34.6 Å². The highest BCUT2D eigenvalue weighted by molar-refractivity contribution is 5.61. The van der Waals surface area contributed by atoms with Crippen LogP contribution in [0.2, 0.25) is 0 Å². The molecule has 0 aliphatic carbocycles. The summed E-state index contributed by atoms with van der Waals surface area (Å²) in [5, 5.41) is 24.4. The SMILES string of the molecule is O=[N+]([O-])c1ccc(N2CCCC2)nc1NCC(O)c1ccccc1. The van der Waals surface area contributed by atoms with Gasteiger partial charge in [0.05, 0.1) is 11.0 Å². The third-order valence-electron chi connectivity index (χ3n) is 4.13. The molecule has 1 aliphatic heterocycles. The first-order valence-electron chi connectivity index (χ1n) is 8.02. The van der Waals surface area contributed by atoms with E-state index in [-0.39, 0.29) is 18.1 Å². The summed E-state index contributed by atoms with van der Waals surface area (Å²) < 4.78 is 0. The normalized spacial score (nSPS) is 15.3. The van der Waals surface area contributed by atoms with Crippen molar-refractivity contribution in [2.24, 2.45) is 0 Å². The van der Waals surface area contributed by atoms with E-state index in [1.54, 1.807) is 6.07 Å². The van der Waals surface area contributed by atoms with Gasteiger partial charge < -0.3 is 15.3 Å². The predicted octanol–water partition coefficient (Wildman–Crippen LogP) is 2.74. The number of benzene rings is 1. The number of nitrogens with zero attached hydrogens (tertiary/aromatic N) is 3. The van der Waals surface area contributed by atoms with Crippen molar-refractivity contribution in [1.29, 1.82) is 0 Å². The summed E-state index contributed by atoms with van der Waals surface area (Å²) >= 11 is 0. The van der Waals surface area contributed by atoms with E-state index in [1.165, 1.54) is 6.07 Å². The van der Waals surface area contributed by atoms with Crippen LogP contribution in [0.1, 0.15) is 24.5 Å². The Labute approximate surface area is 140 Å². The first-order valence-corrected chi connectivity index (χ1v) is 8.02. The van der Waals surface area contributed by atoms with Gasteiger partial charge in [-0.1, -0.05) is 30.3 Å². The number of hydrogen-bond acceptors (Lipinski definition) is 6. The van der Waals surface area contributed by atoms with Gasteiger partial charge in [0.2, 0.25) is 5.82 Å². The minimum Gasteiger partial charge on any atom is -0.387 e. The molecule has 1 fully saturated rings. The van der Waals surface area contributed by atoms with Crippen molar-refractivity contribution in [3.05, 3.63) is 58.1 Å². The molecular formula is C17H20N4O3. The van der Waals surface area contributed by atoms with Gasteiger partial charge in [0.1, 0.15) is 5.82 Å². The fourth-order valence-corrected chi connectivity index (χ4v) is 2.83. The molecule has 0 spiro atoms. The van der Waals surface area contributed by atoms with E-state index < -0.39 is 11.0 Å². The molecule has 126 valence electrons. The van der Waals surface area contributed by atoms with Crippen LogP contribution in [0.4, 0.5) is 17.3 Å². The lowest BCUT2D eigenvalue weighted by Crippen LogP contribution is -2.20. The lowest BCUT2D eigenvalue weighted by Gasteiger charge is -2.18. The lowest BCUT2D eigenvalue weighted by atomic mass is 10.1. The van der Waals surface area contributed by atoms with Crippen molar-refractivity contribution in [3.8, 4) is 0 Å². The Morgan fingerprint density at radius 2 is 1.92 bits per heavy atom. The number of aliphatic hydroxyl groups excluding tert-OH is 1. The summed E-state index contributed by atoms with van der Waals surface area (Å²) in [4.78, 5) is 17.3. The van der Waals surface area contributed by atoms with Crippen LogP contribution in [-0.2, 0) is 0 Å². The second kappa shape index (κ2) is 7.27. The Balaban J connectivity index is 1.77. The fraction of sp³-hybridized carbons (Fsp3) is 0.353. The zero-order valence-corrected chi connectivity index (χ0v) is 13.3. The molecule has 1 aliphatic rings. The molecule has 1 saturated heterocycles. The van der Waals surface area contributed by atoms with E-state index in [2.05, 4.69) is 15.2 Å². The van der Waals surface area contributed by atoms with Crippen LogP contribution in [0, 0.1) is 10.1 Å². The molecule has 0 saturated carbocycles. The first-order chi connectivity index (χ1) is 11.6. The van der Waals surface area contributed by atoms with Crippen molar-refractivity contribution < 1.29 is 10.0 Å². The molecule has 24 heavy (non-hydrogen) atoms. The maximum atomic E-state index is 11.2. The highest BCUT2D eigenvalue weighted by atomic mass is 16.6. The zero-order valence-electron chi connectivity index (χ0n) is 13.3. The number of anilines is 2. The number of hydrogen-bond donors (Lipinski definition) is 2. The van der Waals surface area contributed by atoms with E-state index in [1.807, 2.05) is 30.3 Å². The van der Waals surface area contributed by atoms with Gasteiger partial charge in [-0.2, -0.15) is 0 Å². The maximum Gasteiger partial charge on any atom is 0.311 e. The quantitative estimate of drug-likeness (QED) is 0.626. The summed E-state index contributed by atoms with van der Waals surface area (Å²) in [5.41, 5.74) is 0.668. The molecule has 2 heterocycles. The molecule has 1 atom stereocenters. The third-order valence-corrected chi connectivity index (χ3v) is 4.13. The van der Waals surface area contributed by atoms with E-state index in [0.29, 0.717) is 0 Å². The predicted molar refractivity (Wildman–Crippen MR) is 92.2 cm³/mol. The Hall–Kier alpha value is -2.67. The van der Waals surface area contributed by atoms with E-state index >= 15 is 0 Å². The number of nitrogens with one attached hydrogen (secondary N) is 1. The van der Waals surface area contributed by atoms with Gasteiger partial charge in [-0.3, -0.25) is 10.1 Å². The van der Waals surface area contributed by atoms with Gasteiger partial charge in [0.15, 0.2) is 0 Å². The van der Waals surface area contributed by atoms with Crippen molar-refractivity contribution in [3.63, 3.8) is 0 Å². The van der Waals surface area contributed by atoms with Gasteiger partial charge in [0.25, 0.3) is 0 Å². The number of nitro groups is 1. The smallest absolute Gasteiger partial charge is 0.311 e. The van der Waals surface area contributed by atoms with Gasteiger partial charge in [0, 0.05) is 25.7 Å². The summed E-state index contributed by atoms with van der Waals surface area (Å²) in [7, 11) is 0. The third kappa shape index (κ3) is 3.62. The molecule has 7 heteroatoms. The monoisotopic (exact) mass is 328 g/mol. The van der Waals surface area contributed by atoms with Gasteiger partial charge in [-0.15, -0.1) is 0 Å². The van der Waals surface area contributed by atoms with Crippen molar-refractivity contribution >= 4 is 17.3 Å². The molecule has 0 amide bonds. The molecule has 1 aromatic carbocycles. The van der Waals surface area contributed by atoms with Crippen LogP contribution in [0.15, 0.2) is 42.5 Å². The molecule has 0 radical (unpaired) electrons. The van der Waals surface area contributed by atoms with E-state index in [9.17, 15) is 15.2 Å².